The summed E-state index contributed by atoms with van der Waals surface area (Å²) in [6.45, 7) is 0.656. The molecule has 6 N–H and O–H groups in total. The SMILES string of the molecule is C[C@@]1(O)[C@H](O)[C@@H](CO)O[C@H]1n1cc(CC(N)=O)c(=O)[nH]c1=O. The van der Waals surface area contributed by atoms with E-state index in [0.717, 1.165) is 10.8 Å². The number of hydrogen-bond donors (Lipinski definition) is 5. The van der Waals surface area contributed by atoms with Gasteiger partial charge in [-0.3, -0.25) is 19.1 Å². The summed E-state index contributed by atoms with van der Waals surface area (Å²) in [5.41, 5.74) is 1.37. The molecule has 1 aliphatic rings. The van der Waals surface area contributed by atoms with E-state index in [0.29, 0.717) is 0 Å². The first kappa shape index (κ1) is 16.4. The minimum atomic E-state index is -1.89. The van der Waals surface area contributed by atoms with Gasteiger partial charge >= 0.3 is 5.69 Å². The minimum Gasteiger partial charge on any atom is -0.394 e. The Morgan fingerprint density at radius 3 is 2.68 bits per heavy atom. The Morgan fingerprint density at radius 2 is 2.18 bits per heavy atom. The standard InChI is InChI=1S/C12H17N3O7/c1-12(21)8(18)6(4-16)22-10(12)15-3-5(2-7(13)17)9(19)14-11(15)20/h3,6,8,10,16,18,21H,2,4H2,1H3,(H2,13,17)(H,14,19,20)/t6-,8-,10-,12-/m1/s1. The van der Waals surface area contributed by atoms with Gasteiger partial charge in [0.15, 0.2) is 6.23 Å². The predicted molar refractivity (Wildman–Crippen MR) is 71.8 cm³/mol. The second-order valence-corrected chi connectivity index (χ2v) is 5.34. The molecule has 2 heterocycles. The zero-order chi connectivity index (χ0) is 16.7. The molecule has 1 amide bonds. The van der Waals surface area contributed by atoms with Gasteiger partial charge in [0.05, 0.1) is 13.0 Å². The maximum absolute atomic E-state index is 11.9. The number of aliphatic hydroxyl groups excluding tert-OH is 2. The number of nitrogens with one attached hydrogen (secondary N) is 1. The van der Waals surface area contributed by atoms with Crippen LogP contribution in [0, 0.1) is 0 Å². The molecule has 1 aliphatic heterocycles. The van der Waals surface area contributed by atoms with Crippen molar-refractivity contribution in [3.05, 3.63) is 32.6 Å². The van der Waals surface area contributed by atoms with Gasteiger partial charge in [-0.25, -0.2) is 4.79 Å². The van der Waals surface area contributed by atoms with Gasteiger partial charge in [0.25, 0.3) is 5.56 Å². The smallest absolute Gasteiger partial charge is 0.330 e. The highest BCUT2D eigenvalue weighted by Gasteiger charge is 2.53. The van der Waals surface area contributed by atoms with E-state index in [9.17, 15) is 24.6 Å². The number of nitrogens with two attached hydrogens (primary N) is 1. The second kappa shape index (κ2) is 5.65. The highest BCUT2D eigenvalue weighted by Crippen LogP contribution is 2.37. The van der Waals surface area contributed by atoms with E-state index in [1.807, 2.05) is 4.98 Å². The van der Waals surface area contributed by atoms with E-state index < -0.39 is 54.2 Å². The van der Waals surface area contributed by atoms with Crippen LogP contribution in [0.25, 0.3) is 0 Å². The molecule has 2 rings (SSSR count). The second-order valence-electron chi connectivity index (χ2n) is 5.34. The normalized spacial score (nSPS) is 31.4. The van der Waals surface area contributed by atoms with E-state index in [2.05, 4.69) is 0 Å². The number of aromatic amines is 1. The predicted octanol–water partition coefficient (Wildman–Crippen LogP) is -3.43. The van der Waals surface area contributed by atoms with Crippen molar-refractivity contribution in [3.63, 3.8) is 0 Å². The molecule has 4 atom stereocenters. The van der Waals surface area contributed by atoms with Crippen LogP contribution in [-0.4, -0.2) is 55.2 Å². The van der Waals surface area contributed by atoms with E-state index in [-0.39, 0.29) is 5.56 Å². The summed E-state index contributed by atoms with van der Waals surface area (Å²) in [7, 11) is 0. The number of aromatic nitrogens is 2. The van der Waals surface area contributed by atoms with Crippen LogP contribution >= 0.6 is 0 Å². The quantitative estimate of drug-likeness (QED) is 0.385. The first-order valence-corrected chi connectivity index (χ1v) is 6.48. The molecule has 0 aromatic carbocycles. The lowest BCUT2D eigenvalue weighted by Gasteiger charge is -2.27. The van der Waals surface area contributed by atoms with Crippen LogP contribution in [0.4, 0.5) is 0 Å². The van der Waals surface area contributed by atoms with Gasteiger partial charge in [-0.2, -0.15) is 0 Å². The number of H-pyrrole nitrogens is 1. The molecule has 0 bridgehead atoms. The zero-order valence-corrected chi connectivity index (χ0v) is 11.7. The minimum absolute atomic E-state index is 0.0894. The third-order valence-corrected chi connectivity index (χ3v) is 3.59. The molecule has 10 nitrogen and oxygen atoms in total. The van der Waals surface area contributed by atoms with Crippen molar-refractivity contribution >= 4 is 5.91 Å². The topological polar surface area (TPSA) is 168 Å². The molecule has 1 aromatic rings. The van der Waals surface area contributed by atoms with Crippen LogP contribution in [0.2, 0.25) is 0 Å². The number of rotatable bonds is 4. The Kier molecular flexibility index (Phi) is 4.20. The summed E-state index contributed by atoms with van der Waals surface area (Å²) in [4.78, 5) is 36.5. The van der Waals surface area contributed by atoms with Crippen molar-refractivity contribution in [2.24, 2.45) is 5.73 Å². The maximum Gasteiger partial charge on any atom is 0.330 e. The molecular weight excluding hydrogens is 298 g/mol. The summed E-state index contributed by atoms with van der Waals surface area (Å²) in [6, 6.07) is 0. The van der Waals surface area contributed by atoms with E-state index in [1.165, 1.54) is 6.92 Å². The molecule has 22 heavy (non-hydrogen) atoms. The Labute approximate surface area is 123 Å². The van der Waals surface area contributed by atoms with Crippen LogP contribution < -0.4 is 17.0 Å². The summed E-state index contributed by atoms with van der Waals surface area (Å²) < 4.78 is 6.13. The molecule has 0 radical (unpaired) electrons. The molecule has 10 heteroatoms. The Morgan fingerprint density at radius 1 is 1.55 bits per heavy atom. The lowest BCUT2D eigenvalue weighted by atomic mass is 9.96. The number of primary amides is 1. The van der Waals surface area contributed by atoms with Crippen LogP contribution in [-0.2, 0) is 16.0 Å². The Hall–Kier alpha value is -2.01. The van der Waals surface area contributed by atoms with Crippen LogP contribution in [0.3, 0.4) is 0 Å². The molecule has 0 spiro atoms. The molecular formula is C12H17N3O7. The molecule has 1 aromatic heterocycles. The number of carbonyl (C=O) groups is 1. The summed E-state index contributed by atoms with van der Waals surface area (Å²) in [6.07, 6.45) is -3.26. The number of ether oxygens (including phenoxy) is 1. The van der Waals surface area contributed by atoms with E-state index in [4.69, 9.17) is 15.6 Å². The number of nitrogens with zero attached hydrogens (tertiary/aromatic N) is 1. The highest BCUT2D eigenvalue weighted by molar-refractivity contribution is 5.76. The van der Waals surface area contributed by atoms with Gasteiger partial charge < -0.3 is 25.8 Å². The molecule has 122 valence electrons. The average Bonchev–Trinajstić information content (AvgIpc) is 2.64. The first-order valence-electron chi connectivity index (χ1n) is 6.48. The number of hydrogen-bond acceptors (Lipinski definition) is 7. The van der Waals surface area contributed by atoms with Crippen LogP contribution in [0.5, 0.6) is 0 Å². The van der Waals surface area contributed by atoms with Crippen molar-refractivity contribution in [2.75, 3.05) is 6.61 Å². The van der Waals surface area contributed by atoms with Crippen molar-refractivity contribution in [2.45, 2.75) is 37.4 Å². The highest BCUT2D eigenvalue weighted by atomic mass is 16.6. The Balaban J connectivity index is 2.50. The number of amides is 1. The van der Waals surface area contributed by atoms with Crippen LogP contribution in [0.1, 0.15) is 18.7 Å². The van der Waals surface area contributed by atoms with Gasteiger partial charge in [0, 0.05) is 11.8 Å². The average molecular weight is 315 g/mol. The molecule has 0 aliphatic carbocycles. The number of aliphatic hydroxyl groups is 3. The Bertz CT molecular complexity index is 693. The van der Waals surface area contributed by atoms with Crippen molar-refractivity contribution in [1.29, 1.82) is 0 Å². The summed E-state index contributed by atoms with van der Waals surface area (Å²) >= 11 is 0. The fourth-order valence-corrected chi connectivity index (χ4v) is 2.41. The van der Waals surface area contributed by atoms with Crippen molar-refractivity contribution < 1.29 is 24.9 Å². The molecule has 0 saturated carbocycles. The van der Waals surface area contributed by atoms with Gasteiger partial charge in [-0.15, -0.1) is 0 Å². The van der Waals surface area contributed by atoms with Gasteiger partial charge in [0.2, 0.25) is 5.91 Å². The van der Waals surface area contributed by atoms with Crippen molar-refractivity contribution in [1.82, 2.24) is 9.55 Å². The van der Waals surface area contributed by atoms with Gasteiger partial charge in [-0.1, -0.05) is 0 Å². The largest absolute Gasteiger partial charge is 0.394 e. The first-order chi connectivity index (χ1) is 10.2. The summed E-state index contributed by atoms with van der Waals surface area (Å²) in [5, 5.41) is 29.3. The zero-order valence-electron chi connectivity index (χ0n) is 11.7. The van der Waals surface area contributed by atoms with E-state index in [1.54, 1.807) is 0 Å². The maximum atomic E-state index is 11.9. The van der Waals surface area contributed by atoms with Crippen LogP contribution in [0.15, 0.2) is 15.8 Å². The number of carbonyl (C=O) groups excluding carboxylic acids is 1. The molecule has 0 unspecified atom stereocenters. The molecule has 1 saturated heterocycles. The van der Waals surface area contributed by atoms with Gasteiger partial charge in [-0.05, 0) is 6.92 Å². The monoisotopic (exact) mass is 315 g/mol. The lowest BCUT2D eigenvalue weighted by molar-refractivity contribution is -0.117. The fraction of sp³-hybridized carbons (Fsp3) is 0.583. The third kappa shape index (κ3) is 2.68. The molecule has 1 fully saturated rings. The third-order valence-electron chi connectivity index (χ3n) is 3.59. The lowest BCUT2D eigenvalue weighted by Crippen LogP contribution is -2.47. The van der Waals surface area contributed by atoms with E-state index >= 15 is 0 Å². The van der Waals surface area contributed by atoms with Gasteiger partial charge in [0.1, 0.15) is 17.8 Å². The van der Waals surface area contributed by atoms with Crippen molar-refractivity contribution in [3.8, 4) is 0 Å². The fourth-order valence-electron chi connectivity index (χ4n) is 2.41. The summed E-state index contributed by atoms with van der Waals surface area (Å²) in [5.74, 6) is -0.775.